The number of methoxy groups -OCH3 is 1. The zero-order valence-corrected chi connectivity index (χ0v) is 21.2. The summed E-state index contributed by atoms with van der Waals surface area (Å²) < 4.78 is 13.0. The van der Waals surface area contributed by atoms with Gasteiger partial charge in [-0.1, -0.05) is 30.3 Å². The van der Waals surface area contributed by atoms with Crippen molar-refractivity contribution in [2.24, 2.45) is 4.99 Å². The van der Waals surface area contributed by atoms with Crippen molar-refractivity contribution in [1.82, 2.24) is 14.9 Å². The van der Waals surface area contributed by atoms with Gasteiger partial charge in [-0.2, -0.15) is 0 Å². The van der Waals surface area contributed by atoms with Gasteiger partial charge in [0.05, 0.1) is 6.61 Å². The quantitative estimate of drug-likeness (QED) is 0.169. The number of imidazole rings is 1. The Balaban J connectivity index is 0.00000363. The molecule has 0 aliphatic rings. The highest BCUT2D eigenvalue weighted by Crippen LogP contribution is 2.17. The number of hydrogen-bond donors (Lipinski definition) is 2. The lowest BCUT2D eigenvalue weighted by molar-refractivity contribution is 0.172. The van der Waals surface area contributed by atoms with E-state index in [9.17, 15) is 0 Å². The third-order valence-corrected chi connectivity index (χ3v) is 4.81. The highest BCUT2D eigenvalue weighted by atomic mass is 127. The standard InChI is InChI=1S/C24H31N5O2.HI/c1-19-26-11-12-29(19)18-21-8-4-7-20(15-21)17-27-24(25-2)28-22-9-5-10-23(16-22)31-14-6-13-30-3;/h4-5,7-12,15-16H,6,13-14,17-18H2,1-3H3,(H2,25,27,28);1H. The van der Waals surface area contributed by atoms with Gasteiger partial charge in [0.2, 0.25) is 0 Å². The molecule has 172 valence electrons. The molecule has 3 aromatic rings. The molecule has 0 spiro atoms. The molecule has 0 bridgehead atoms. The molecule has 3 rings (SSSR count). The van der Waals surface area contributed by atoms with Crippen LogP contribution in [0.1, 0.15) is 23.4 Å². The maximum atomic E-state index is 5.77. The van der Waals surface area contributed by atoms with Crippen LogP contribution in [0.25, 0.3) is 0 Å². The van der Waals surface area contributed by atoms with Gasteiger partial charge in [0, 0.05) is 64.4 Å². The minimum Gasteiger partial charge on any atom is -0.493 e. The highest BCUT2D eigenvalue weighted by molar-refractivity contribution is 14.0. The Morgan fingerprint density at radius 3 is 2.66 bits per heavy atom. The molecule has 0 atom stereocenters. The van der Waals surface area contributed by atoms with Crippen molar-refractivity contribution in [2.45, 2.75) is 26.4 Å². The molecule has 32 heavy (non-hydrogen) atoms. The molecule has 0 unspecified atom stereocenters. The van der Waals surface area contributed by atoms with Gasteiger partial charge < -0.3 is 24.7 Å². The molecule has 0 amide bonds. The summed E-state index contributed by atoms with van der Waals surface area (Å²) in [5.41, 5.74) is 3.34. The van der Waals surface area contributed by atoms with Crippen molar-refractivity contribution in [3.8, 4) is 5.75 Å². The highest BCUT2D eigenvalue weighted by Gasteiger charge is 2.04. The largest absolute Gasteiger partial charge is 0.493 e. The maximum Gasteiger partial charge on any atom is 0.195 e. The summed E-state index contributed by atoms with van der Waals surface area (Å²) in [5, 5.41) is 6.69. The van der Waals surface area contributed by atoms with Gasteiger partial charge in [-0.05, 0) is 30.2 Å². The van der Waals surface area contributed by atoms with Gasteiger partial charge in [0.1, 0.15) is 11.6 Å². The van der Waals surface area contributed by atoms with Crippen molar-refractivity contribution >= 4 is 35.6 Å². The Labute approximate surface area is 207 Å². The maximum absolute atomic E-state index is 5.77. The van der Waals surface area contributed by atoms with E-state index in [0.29, 0.717) is 25.7 Å². The van der Waals surface area contributed by atoms with Gasteiger partial charge in [0.15, 0.2) is 5.96 Å². The number of nitrogens with zero attached hydrogens (tertiary/aromatic N) is 3. The number of hydrogen-bond acceptors (Lipinski definition) is 4. The lowest BCUT2D eigenvalue weighted by atomic mass is 10.1. The normalized spacial score (nSPS) is 11.0. The first kappa shape index (κ1) is 25.7. The number of guanidine groups is 1. The molecule has 0 saturated carbocycles. The van der Waals surface area contributed by atoms with Crippen molar-refractivity contribution in [1.29, 1.82) is 0 Å². The first-order valence-electron chi connectivity index (χ1n) is 10.4. The fraction of sp³-hybridized carbons (Fsp3) is 0.333. The van der Waals surface area contributed by atoms with Crippen LogP contribution in [0.5, 0.6) is 5.75 Å². The second-order valence-electron chi connectivity index (χ2n) is 7.20. The number of ether oxygens (including phenoxy) is 2. The van der Waals surface area contributed by atoms with Crippen LogP contribution < -0.4 is 15.4 Å². The van der Waals surface area contributed by atoms with E-state index < -0.39 is 0 Å². The Kier molecular flexibility index (Phi) is 11.0. The number of benzene rings is 2. The zero-order chi connectivity index (χ0) is 21.9. The second kappa shape index (κ2) is 13.7. The van der Waals surface area contributed by atoms with Crippen LogP contribution in [0, 0.1) is 6.92 Å². The number of aryl methyl sites for hydroxylation is 1. The molecule has 0 fully saturated rings. The van der Waals surface area contributed by atoms with Crippen LogP contribution in [-0.4, -0.2) is 42.9 Å². The molecule has 1 heterocycles. The summed E-state index contributed by atoms with van der Waals surface area (Å²) in [6.45, 7) is 4.81. The van der Waals surface area contributed by atoms with E-state index in [1.54, 1.807) is 14.2 Å². The molecular weight excluding hydrogens is 517 g/mol. The number of aliphatic imine (C=N–C) groups is 1. The topological polar surface area (TPSA) is 72.7 Å². The zero-order valence-electron chi connectivity index (χ0n) is 18.9. The SMILES string of the molecule is CN=C(NCc1cccc(Cn2ccnc2C)c1)Nc1cccc(OCCCOC)c1.I. The Morgan fingerprint density at radius 1 is 1.09 bits per heavy atom. The number of halogens is 1. The van der Waals surface area contributed by atoms with Crippen LogP contribution in [0.15, 0.2) is 65.9 Å². The van der Waals surface area contributed by atoms with Crippen LogP contribution in [0.3, 0.4) is 0 Å². The lowest BCUT2D eigenvalue weighted by Gasteiger charge is -2.14. The Bertz CT molecular complexity index is 990. The van der Waals surface area contributed by atoms with Gasteiger partial charge in [-0.3, -0.25) is 4.99 Å². The Hall–Kier alpha value is -2.59. The van der Waals surface area contributed by atoms with Crippen molar-refractivity contribution in [2.75, 3.05) is 32.7 Å². The average molecular weight is 549 g/mol. The van der Waals surface area contributed by atoms with Crippen molar-refractivity contribution in [3.05, 3.63) is 77.9 Å². The van der Waals surface area contributed by atoms with E-state index in [4.69, 9.17) is 9.47 Å². The van der Waals surface area contributed by atoms with E-state index in [2.05, 4.69) is 49.4 Å². The Morgan fingerprint density at radius 2 is 1.91 bits per heavy atom. The molecule has 7 nitrogen and oxygen atoms in total. The number of aromatic nitrogens is 2. The molecule has 0 radical (unpaired) electrons. The van der Waals surface area contributed by atoms with Crippen LogP contribution in [0.4, 0.5) is 5.69 Å². The smallest absolute Gasteiger partial charge is 0.195 e. The number of nitrogens with one attached hydrogen (secondary N) is 2. The molecule has 8 heteroatoms. The van der Waals surface area contributed by atoms with Crippen LogP contribution in [-0.2, 0) is 17.8 Å². The minimum atomic E-state index is 0. The van der Waals surface area contributed by atoms with Gasteiger partial charge >= 0.3 is 0 Å². The first-order chi connectivity index (χ1) is 15.2. The number of anilines is 1. The average Bonchev–Trinajstić information content (AvgIpc) is 3.19. The van der Waals surface area contributed by atoms with Crippen molar-refractivity contribution < 1.29 is 9.47 Å². The van der Waals surface area contributed by atoms with E-state index in [0.717, 1.165) is 30.2 Å². The van der Waals surface area contributed by atoms with Crippen LogP contribution in [0.2, 0.25) is 0 Å². The van der Waals surface area contributed by atoms with Gasteiger partial charge in [0.25, 0.3) is 0 Å². The fourth-order valence-corrected chi connectivity index (χ4v) is 3.16. The third kappa shape index (κ3) is 8.16. The monoisotopic (exact) mass is 549 g/mol. The van der Waals surface area contributed by atoms with Crippen molar-refractivity contribution in [3.63, 3.8) is 0 Å². The summed E-state index contributed by atoms with van der Waals surface area (Å²) >= 11 is 0. The summed E-state index contributed by atoms with van der Waals surface area (Å²) in [4.78, 5) is 8.62. The molecule has 0 aliphatic carbocycles. The predicted molar refractivity (Wildman–Crippen MR) is 140 cm³/mol. The summed E-state index contributed by atoms with van der Waals surface area (Å²) in [5.74, 6) is 2.53. The minimum absolute atomic E-state index is 0. The van der Waals surface area contributed by atoms with E-state index in [1.165, 1.54) is 11.1 Å². The number of rotatable bonds is 10. The summed E-state index contributed by atoms with van der Waals surface area (Å²) in [6, 6.07) is 16.4. The van der Waals surface area contributed by atoms with Gasteiger partial charge in [-0.25, -0.2) is 4.98 Å². The van der Waals surface area contributed by atoms with E-state index in [-0.39, 0.29) is 24.0 Å². The molecular formula is C24H32IN5O2. The molecule has 1 aromatic heterocycles. The molecule has 0 saturated heterocycles. The fourth-order valence-electron chi connectivity index (χ4n) is 3.16. The van der Waals surface area contributed by atoms with Gasteiger partial charge in [-0.15, -0.1) is 24.0 Å². The molecule has 2 N–H and O–H groups in total. The first-order valence-corrected chi connectivity index (χ1v) is 10.4. The second-order valence-corrected chi connectivity index (χ2v) is 7.20. The summed E-state index contributed by atoms with van der Waals surface area (Å²) in [6.07, 6.45) is 4.69. The van der Waals surface area contributed by atoms with Crippen LogP contribution >= 0.6 is 24.0 Å². The molecule has 2 aromatic carbocycles. The third-order valence-electron chi connectivity index (χ3n) is 4.81. The lowest BCUT2D eigenvalue weighted by Crippen LogP contribution is -2.30. The molecule has 0 aliphatic heterocycles. The predicted octanol–water partition coefficient (Wildman–Crippen LogP) is 4.46. The summed E-state index contributed by atoms with van der Waals surface area (Å²) in [7, 11) is 3.46. The van der Waals surface area contributed by atoms with E-state index in [1.807, 2.05) is 43.6 Å². The van der Waals surface area contributed by atoms with E-state index >= 15 is 0 Å².